The van der Waals surface area contributed by atoms with Crippen LogP contribution in [0.25, 0.3) is 0 Å². The molecule has 0 saturated heterocycles. The standard InChI is InChI=1S/C11H16Cl2N2O3S/c1-3-5-7(19)18-11(16)10-14-8(12)9(13)15(10)6-17-4-2/h7,19H,3-6H2,1-2H3. The quantitative estimate of drug-likeness (QED) is 0.474. The highest BCUT2D eigenvalue weighted by atomic mass is 35.5. The van der Waals surface area contributed by atoms with Crippen molar-refractivity contribution < 1.29 is 14.3 Å². The Morgan fingerprint density at radius 3 is 2.74 bits per heavy atom. The molecule has 19 heavy (non-hydrogen) atoms. The van der Waals surface area contributed by atoms with Gasteiger partial charge >= 0.3 is 5.97 Å². The van der Waals surface area contributed by atoms with Crippen LogP contribution in [-0.2, 0) is 16.2 Å². The molecule has 108 valence electrons. The van der Waals surface area contributed by atoms with Crippen molar-refractivity contribution in [3.63, 3.8) is 0 Å². The summed E-state index contributed by atoms with van der Waals surface area (Å²) in [5.74, 6) is -0.611. The van der Waals surface area contributed by atoms with E-state index < -0.39 is 11.4 Å². The van der Waals surface area contributed by atoms with E-state index in [1.54, 1.807) is 0 Å². The smallest absolute Gasteiger partial charge is 0.375 e. The maximum Gasteiger partial charge on any atom is 0.375 e. The minimum atomic E-state index is -0.623. The van der Waals surface area contributed by atoms with Crippen molar-refractivity contribution in [1.29, 1.82) is 0 Å². The molecule has 0 aliphatic heterocycles. The van der Waals surface area contributed by atoms with Crippen LogP contribution < -0.4 is 0 Å². The van der Waals surface area contributed by atoms with Crippen LogP contribution in [0.2, 0.25) is 10.3 Å². The molecule has 5 nitrogen and oxygen atoms in total. The minimum Gasteiger partial charge on any atom is -0.446 e. The largest absolute Gasteiger partial charge is 0.446 e. The average Bonchev–Trinajstić information content (AvgIpc) is 2.64. The van der Waals surface area contributed by atoms with E-state index in [0.29, 0.717) is 13.0 Å². The van der Waals surface area contributed by atoms with Gasteiger partial charge in [-0.1, -0.05) is 36.5 Å². The molecule has 0 aromatic carbocycles. The normalized spacial score (nSPS) is 12.5. The molecule has 1 rings (SSSR count). The van der Waals surface area contributed by atoms with Gasteiger partial charge in [-0.05, 0) is 13.3 Å². The first-order valence-electron chi connectivity index (χ1n) is 5.89. The number of carbonyl (C=O) groups is 1. The number of halogens is 2. The summed E-state index contributed by atoms with van der Waals surface area (Å²) in [7, 11) is 0. The second-order valence-electron chi connectivity index (χ2n) is 3.72. The molecule has 0 N–H and O–H groups in total. The number of hydrogen-bond acceptors (Lipinski definition) is 5. The van der Waals surface area contributed by atoms with Gasteiger partial charge in [0.2, 0.25) is 5.82 Å². The second kappa shape index (κ2) is 7.99. The second-order valence-corrected chi connectivity index (χ2v) is 5.01. The Hall–Kier alpha value is -0.430. The first-order chi connectivity index (χ1) is 9.01. The number of nitrogens with zero attached hydrogens (tertiary/aromatic N) is 2. The molecule has 0 amide bonds. The van der Waals surface area contributed by atoms with E-state index in [-0.39, 0.29) is 22.9 Å². The van der Waals surface area contributed by atoms with E-state index in [4.69, 9.17) is 32.7 Å². The van der Waals surface area contributed by atoms with Gasteiger partial charge in [-0.25, -0.2) is 9.78 Å². The molecule has 1 aromatic rings. The number of imidazole rings is 1. The van der Waals surface area contributed by atoms with Crippen LogP contribution in [0.15, 0.2) is 0 Å². The molecule has 0 aliphatic carbocycles. The van der Waals surface area contributed by atoms with Crippen LogP contribution in [0.5, 0.6) is 0 Å². The molecular weight excluding hydrogens is 311 g/mol. The Kier molecular flexibility index (Phi) is 6.99. The van der Waals surface area contributed by atoms with E-state index in [1.165, 1.54) is 4.57 Å². The number of esters is 1. The van der Waals surface area contributed by atoms with Gasteiger partial charge in [0, 0.05) is 6.61 Å². The Morgan fingerprint density at radius 1 is 1.47 bits per heavy atom. The predicted molar refractivity (Wildman–Crippen MR) is 77.0 cm³/mol. The maximum atomic E-state index is 12.0. The zero-order chi connectivity index (χ0) is 14.4. The van der Waals surface area contributed by atoms with E-state index >= 15 is 0 Å². The average molecular weight is 327 g/mol. The van der Waals surface area contributed by atoms with Crippen LogP contribution in [0, 0.1) is 0 Å². The fourth-order valence-corrected chi connectivity index (χ4v) is 2.05. The molecule has 0 bridgehead atoms. The van der Waals surface area contributed by atoms with Gasteiger partial charge < -0.3 is 9.47 Å². The van der Waals surface area contributed by atoms with Gasteiger partial charge in [-0.2, -0.15) is 0 Å². The molecule has 0 saturated carbocycles. The summed E-state index contributed by atoms with van der Waals surface area (Å²) in [6.45, 7) is 4.37. The number of thiol groups is 1. The molecular formula is C11H16Cl2N2O3S. The lowest BCUT2D eigenvalue weighted by Gasteiger charge is -2.12. The highest BCUT2D eigenvalue weighted by Crippen LogP contribution is 2.24. The summed E-state index contributed by atoms with van der Waals surface area (Å²) in [6, 6.07) is 0. The summed E-state index contributed by atoms with van der Waals surface area (Å²) in [5.41, 5.74) is -0.479. The summed E-state index contributed by atoms with van der Waals surface area (Å²) >= 11 is 15.9. The van der Waals surface area contributed by atoms with Crippen LogP contribution in [0.4, 0.5) is 0 Å². The zero-order valence-electron chi connectivity index (χ0n) is 10.7. The molecule has 0 fully saturated rings. The highest BCUT2D eigenvalue weighted by Gasteiger charge is 2.23. The summed E-state index contributed by atoms with van der Waals surface area (Å²) in [6.07, 6.45) is 1.51. The van der Waals surface area contributed by atoms with E-state index in [1.807, 2.05) is 13.8 Å². The van der Waals surface area contributed by atoms with Crippen molar-refractivity contribution in [1.82, 2.24) is 9.55 Å². The number of carbonyl (C=O) groups excluding carboxylic acids is 1. The van der Waals surface area contributed by atoms with Crippen LogP contribution in [0.1, 0.15) is 37.3 Å². The lowest BCUT2D eigenvalue weighted by atomic mass is 10.3. The van der Waals surface area contributed by atoms with E-state index in [2.05, 4.69) is 17.6 Å². The number of ether oxygens (including phenoxy) is 2. The third-order valence-electron chi connectivity index (χ3n) is 2.25. The molecule has 1 unspecified atom stereocenters. The van der Waals surface area contributed by atoms with Gasteiger partial charge in [-0.15, -0.1) is 12.6 Å². The van der Waals surface area contributed by atoms with Gasteiger partial charge in [0.25, 0.3) is 0 Å². The Labute approximate surface area is 127 Å². The van der Waals surface area contributed by atoms with Crippen LogP contribution in [0.3, 0.4) is 0 Å². The third kappa shape index (κ3) is 4.56. The molecule has 1 heterocycles. The third-order valence-corrected chi connectivity index (χ3v) is 3.36. The minimum absolute atomic E-state index is 0.0126. The summed E-state index contributed by atoms with van der Waals surface area (Å²) in [5, 5.41) is 0.188. The van der Waals surface area contributed by atoms with Gasteiger partial charge in [-0.3, -0.25) is 4.57 Å². The van der Waals surface area contributed by atoms with Gasteiger partial charge in [0.05, 0.1) is 0 Å². The van der Waals surface area contributed by atoms with Gasteiger partial charge in [0.15, 0.2) is 5.15 Å². The van der Waals surface area contributed by atoms with Crippen molar-refractivity contribution in [2.45, 2.75) is 38.9 Å². The van der Waals surface area contributed by atoms with Crippen molar-refractivity contribution in [3.8, 4) is 0 Å². The molecule has 1 aromatic heterocycles. The Morgan fingerprint density at radius 2 is 2.16 bits per heavy atom. The van der Waals surface area contributed by atoms with Crippen molar-refractivity contribution in [2.24, 2.45) is 0 Å². The fourth-order valence-electron chi connectivity index (χ4n) is 1.34. The Balaban J connectivity index is 2.86. The highest BCUT2D eigenvalue weighted by molar-refractivity contribution is 7.80. The van der Waals surface area contributed by atoms with Crippen molar-refractivity contribution >= 4 is 41.8 Å². The van der Waals surface area contributed by atoms with Crippen molar-refractivity contribution in [2.75, 3.05) is 6.61 Å². The van der Waals surface area contributed by atoms with Crippen LogP contribution >= 0.6 is 35.8 Å². The number of aromatic nitrogens is 2. The van der Waals surface area contributed by atoms with E-state index in [9.17, 15) is 4.79 Å². The Bertz CT molecular complexity index is 440. The summed E-state index contributed by atoms with van der Waals surface area (Å²) < 4.78 is 11.7. The first-order valence-corrected chi connectivity index (χ1v) is 7.16. The van der Waals surface area contributed by atoms with Gasteiger partial charge in [0.1, 0.15) is 17.3 Å². The lowest BCUT2D eigenvalue weighted by Crippen LogP contribution is -2.18. The predicted octanol–water partition coefficient (Wildman–Crippen LogP) is 3.40. The van der Waals surface area contributed by atoms with Crippen molar-refractivity contribution in [3.05, 3.63) is 16.1 Å². The monoisotopic (exact) mass is 326 g/mol. The number of rotatable bonds is 7. The van der Waals surface area contributed by atoms with Crippen LogP contribution in [-0.4, -0.2) is 27.6 Å². The molecule has 0 spiro atoms. The molecule has 0 aliphatic rings. The number of hydrogen-bond donors (Lipinski definition) is 1. The molecule has 8 heteroatoms. The summed E-state index contributed by atoms with van der Waals surface area (Å²) in [4.78, 5) is 15.8. The molecule has 0 radical (unpaired) electrons. The maximum absolute atomic E-state index is 12.0. The topological polar surface area (TPSA) is 53.3 Å². The lowest BCUT2D eigenvalue weighted by molar-refractivity contribution is 0.0395. The SMILES string of the molecule is CCCC(S)OC(=O)c1nc(Cl)c(Cl)n1COCC. The zero-order valence-corrected chi connectivity index (χ0v) is 13.1. The fraction of sp³-hybridized carbons (Fsp3) is 0.636. The first kappa shape index (κ1) is 16.6. The van der Waals surface area contributed by atoms with E-state index in [0.717, 1.165) is 6.42 Å². The molecule has 1 atom stereocenters.